The summed E-state index contributed by atoms with van der Waals surface area (Å²) in [6.45, 7) is 0. The quantitative estimate of drug-likeness (QED) is 0.611. The van der Waals surface area contributed by atoms with E-state index in [1.54, 1.807) is 0 Å². The number of β-lactam (4-membered cyclic amide) rings is 1. The van der Waals surface area contributed by atoms with E-state index in [2.05, 4.69) is 10.6 Å². The van der Waals surface area contributed by atoms with Gasteiger partial charge in [0.15, 0.2) is 0 Å². The molecule has 6 heteroatoms. The molecule has 1 aromatic rings. The molecule has 1 saturated heterocycles. The number of hydrogen-bond acceptors (Lipinski definition) is 3. The molecule has 2 atom stereocenters. The normalized spacial score (nSPS) is 23.4. The third-order valence-corrected chi connectivity index (χ3v) is 3.62. The molecule has 2 rings (SSSR count). The van der Waals surface area contributed by atoms with Gasteiger partial charge in [0.2, 0.25) is 11.8 Å². The van der Waals surface area contributed by atoms with Crippen molar-refractivity contribution in [1.29, 1.82) is 0 Å². The van der Waals surface area contributed by atoms with Crippen LogP contribution < -0.4 is 10.6 Å². The number of amides is 2. The highest BCUT2D eigenvalue weighted by Gasteiger charge is 2.39. The zero-order chi connectivity index (χ0) is 11.5. The Morgan fingerprint density at radius 2 is 2.44 bits per heavy atom. The van der Waals surface area contributed by atoms with Crippen molar-refractivity contribution in [1.82, 2.24) is 10.6 Å². The molecule has 1 aliphatic heterocycles. The number of alkyl halides is 1. The standard InChI is InChI=1S/C10H11ClN2O2S/c11-5-7-9(10(15)12-7)13-8(14)4-6-2-1-3-16-6/h1-3,7,9H,4-5H2,(H,12,15)(H,13,14)/t7-,9+/m1/s1. The first-order valence-electron chi connectivity index (χ1n) is 4.89. The third-order valence-electron chi connectivity index (χ3n) is 2.41. The number of nitrogens with one attached hydrogen (secondary N) is 2. The minimum Gasteiger partial charge on any atom is -0.348 e. The summed E-state index contributed by atoms with van der Waals surface area (Å²) < 4.78 is 0. The topological polar surface area (TPSA) is 58.2 Å². The average molecular weight is 259 g/mol. The molecule has 16 heavy (non-hydrogen) atoms. The average Bonchev–Trinajstić information content (AvgIpc) is 2.75. The lowest BCUT2D eigenvalue weighted by molar-refractivity contribution is -0.135. The molecule has 0 radical (unpaired) electrons. The maximum Gasteiger partial charge on any atom is 0.245 e. The third kappa shape index (κ3) is 2.36. The fraction of sp³-hybridized carbons (Fsp3) is 0.400. The van der Waals surface area contributed by atoms with Crippen LogP contribution in [-0.2, 0) is 16.0 Å². The molecule has 1 aliphatic rings. The van der Waals surface area contributed by atoms with Crippen LogP contribution in [0.5, 0.6) is 0 Å². The second-order valence-electron chi connectivity index (χ2n) is 3.57. The van der Waals surface area contributed by atoms with Gasteiger partial charge in [-0.2, -0.15) is 0 Å². The highest BCUT2D eigenvalue weighted by atomic mass is 35.5. The summed E-state index contributed by atoms with van der Waals surface area (Å²) in [5.74, 6) is 0.0120. The van der Waals surface area contributed by atoms with Crippen molar-refractivity contribution < 1.29 is 9.59 Å². The minimum atomic E-state index is -0.468. The summed E-state index contributed by atoms with van der Waals surface area (Å²) in [6.07, 6.45) is 0.316. The lowest BCUT2D eigenvalue weighted by Gasteiger charge is -2.35. The van der Waals surface area contributed by atoms with E-state index in [0.717, 1.165) is 4.88 Å². The Kier molecular flexibility index (Phi) is 3.46. The van der Waals surface area contributed by atoms with Gasteiger partial charge < -0.3 is 10.6 Å². The maximum absolute atomic E-state index is 11.6. The van der Waals surface area contributed by atoms with Gasteiger partial charge in [-0.3, -0.25) is 9.59 Å². The molecule has 4 nitrogen and oxygen atoms in total. The molecular weight excluding hydrogens is 248 g/mol. The lowest BCUT2D eigenvalue weighted by Crippen LogP contribution is -2.70. The molecule has 0 spiro atoms. The first-order valence-corrected chi connectivity index (χ1v) is 6.30. The van der Waals surface area contributed by atoms with E-state index in [0.29, 0.717) is 12.3 Å². The van der Waals surface area contributed by atoms with Gasteiger partial charge in [-0.25, -0.2) is 0 Å². The predicted octanol–water partition coefficient (Wildman–Crippen LogP) is 0.513. The maximum atomic E-state index is 11.6. The second kappa shape index (κ2) is 4.84. The van der Waals surface area contributed by atoms with Gasteiger partial charge in [0, 0.05) is 10.8 Å². The molecule has 0 aliphatic carbocycles. The molecule has 0 bridgehead atoms. The highest BCUT2D eigenvalue weighted by Crippen LogP contribution is 2.11. The molecule has 0 saturated carbocycles. The van der Waals surface area contributed by atoms with Gasteiger partial charge in [-0.15, -0.1) is 22.9 Å². The highest BCUT2D eigenvalue weighted by molar-refractivity contribution is 7.10. The first kappa shape index (κ1) is 11.4. The fourth-order valence-corrected chi connectivity index (χ4v) is 2.49. The Hall–Kier alpha value is -1.07. The Labute approximate surface area is 102 Å². The van der Waals surface area contributed by atoms with Crippen molar-refractivity contribution in [2.75, 3.05) is 5.88 Å². The van der Waals surface area contributed by atoms with Crippen LogP contribution in [0.25, 0.3) is 0 Å². The largest absolute Gasteiger partial charge is 0.348 e. The van der Waals surface area contributed by atoms with Crippen LogP contribution in [-0.4, -0.2) is 29.8 Å². The molecule has 0 unspecified atom stereocenters. The number of carbonyl (C=O) groups is 2. The van der Waals surface area contributed by atoms with Crippen molar-refractivity contribution in [3.8, 4) is 0 Å². The molecule has 1 aromatic heterocycles. The van der Waals surface area contributed by atoms with Crippen molar-refractivity contribution in [2.45, 2.75) is 18.5 Å². The zero-order valence-corrected chi connectivity index (χ0v) is 9.98. The Morgan fingerprint density at radius 1 is 1.62 bits per heavy atom. The Bertz CT molecular complexity index is 394. The zero-order valence-electron chi connectivity index (χ0n) is 8.40. The van der Waals surface area contributed by atoms with Gasteiger partial charge in [-0.05, 0) is 11.4 Å². The van der Waals surface area contributed by atoms with Crippen LogP contribution in [0.2, 0.25) is 0 Å². The number of carbonyl (C=O) groups excluding carboxylic acids is 2. The van der Waals surface area contributed by atoms with Crippen LogP contribution >= 0.6 is 22.9 Å². The summed E-state index contributed by atoms with van der Waals surface area (Å²) in [7, 11) is 0. The van der Waals surface area contributed by atoms with E-state index >= 15 is 0 Å². The van der Waals surface area contributed by atoms with Gasteiger partial charge in [-0.1, -0.05) is 6.07 Å². The number of halogens is 1. The van der Waals surface area contributed by atoms with Crippen LogP contribution in [0.1, 0.15) is 4.88 Å². The van der Waals surface area contributed by atoms with E-state index in [1.807, 2.05) is 17.5 Å². The van der Waals surface area contributed by atoms with E-state index in [-0.39, 0.29) is 17.9 Å². The Morgan fingerprint density at radius 3 is 3.00 bits per heavy atom. The number of hydrogen-bond donors (Lipinski definition) is 2. The summed E-state index contributed by atoms with van der Waals surface area (Å²) in [4.78, 5) is 23.7. The van der Waals surface area contributed by atoms with Gasteiger partial charge in [0.1, 0.15) is 6.04 Å². The molecular formula is C10H11ClN2O2S. The van der Waals surface area contributed by atoms with E-state index in [9.17, 15) is 9.59 Å². The Balaban J connectivity index is 1.85. The van der Waals surface area contributed by atoms with E-state index in [1.165, 1.54) is 11.3 Å². The van der Waals surface area contributed by atoms with Crippen LogP contribution in [0.3, 0.4) is 0 Å². The molecule has 0 aromatic carbocycles. The van der Waals surface area contributed by atoms with Crippen LogP contribution in [0.4, 0.5) is 0 Å². The molecule has 2 heterocycles. The van der Waals surface area contributed by atoms with E-state index < -0.39 is 6.04 Å². The van der Waals surface area contributed by atoms with Crippen molar-refractivity contribution >= 4 is 34.8 Å². The minimum absolute atomic E-state index is 0.138. The van der Waals surface area contributed by atoms with Crippen molar-refractivity contribution in [3.63, 3.8) is 0 Å². The lowest BCUT2D eigenvalue weighted by atomic mass is 10.0. The van der Waals surface area contributed by atoms with Gasteiger partial charge in [0.25, 0.3) is 0 Å². The van der Waals surface area contributed by atoms with Crippen molar-refractivity contribution in [2.24, 2.45) is 0 Å². The van der Waals surface area contributed by atoms with Crippen LogP contribution in [0.15, 0.2) is 17.5 Å². The second-order valence-corrected chi connectivity index (χ2v) is 4.91. The summed E-state index contributed by atoms with van der Waals surface area (Å²) >= 11 is 7.15. The molecule has 2 amide bonds. The van der Waals surface area contributed by atoms with Crippen LogP contribution in [0, 0.1) is 0 Å². The summed E-state index contributed by atoms with van der Waals surface area (Å²) in [5.41, 5.74) is 0. The van der Waals surface area contributed by atoms with Crippen molar-refractivity contribution in [3.05, 3.63) is 22.4 Å². The molecule has 2 N–H and O–H groups in total. The SMILES string of the molecule is O=C(Cc1cccs1)N[C@@H]1C(=O)N[C@@H]1CCl. The fourth-order valence-electron chi connectivity index (χ4n) is 1.53. The predicted molar refractivity (Wildman–Crippen MR) is 62.6 cm³/mol. The number of thiophene rings is 1. The van der Waals surface area contributed by atoms with Gasteiger partial charge in [0.05, 0.1) is 12.5 Å². The molecule has 86 valence electrons. The van der Waals surface area contributed by atoms with Gasteiger partial charge >= 0.3 is 0 Å². The smallest absolute Gasteiger partial charge is 0.245 e. The van der Waals surface area contributed by atoms with E-state index in [4.69, 9.17) is 11.6 Å². The summed E-state index contributed by atoms with van der Waals surface area (Å²) in [5, 5.41) is 7.22. The monoisotopic (exact) mass is 258 g/mol. The number of rotatable bonds is 4. The molecule has 1 fully saturated rings. The summed E-state index contributed by atoms with van der Waals surface area (Å²) in [6, 6.07) is 3.18. The first-order chi connectivity index (χ1) is 7.70.